The molecule has 3 nitrogen and oxygen atoms in total. The molecular formula is C16H14O3. The number of carboxylic acids is 1. The molecule has 0 heterocycles. The quantitative estimate of drug-likeness (QED) is 0.891. The zero-order valence-electron chi connectivity index (χ0n) is 10.3. The predicted molar refractivity (Wildman–Crippen MR) is 74.0 cm³/mol. The van der Waals surface area contributed by atoms with Crippen molar-refractivity contribution in [3.05, 3.63) is 72.3 Å². The second-order valence-electron chi connectivity index (χ2n) is 3.96. The van der Waals surface area contributed by atoms with Crippen LogP contribution in [0, 0.1) is 0 Å². The van der Waals surface area contributed by atoms with Crippen LogP contribution in [0.15, 0.2) is 66.7 Å². The second-order valence-corrected chi connectivity index (χ2v) is 3.96. The first-order chi connectivity index (χ1) is 9.25. The van der Waals surface area contributed by atoms with Gasteiger partial charge in [0.25, 0.3) is 0 Å². The van der Waals surface area contributed by atoms with Crippen molar-refractivity contribution in [1.29, 1.82) is 0 Å². The largest absolute Gasteiger partial charge is 0.478 e. The number of ether oxygens (including phenoxy) is 1. The highest BCUT2D eigenvalue weighted by Crippen LogP contribution is 2.12. The first-order valence-electron chi connectivity index (χ1n) is 5.93. The van der Waals surface area contributed by atoms with E-state index in [1.807, 2.05) is 36.4 Å². The van der Waals surface area contributed by atoms with Crippen LogP contribution in [0.2, 0.25) is 0 Å². The van der Waals surface area contributed by atoms with Crippen LogP contribution in [0.5, 0.6) is 5.75 Å². The summed E-state index contributed by atoms with van der Waals surface area (Å²) < 4.78 is 5.41. The van der Waals surface area contributed by atoms with Crippen LogP contribution >= 0.6 is 0 Å². The Kier molecular flexibility index (Phi) is 4.34. The number of aliphatic carboxylic acids is 1. The molecule has 1 atom stereocenters. The van der Waals surface area contributed by atoms with Gasteiger partial charge in [0.05, 0.1) is 0 Å². The number of carboxylic acid groups (broad SMARTS) is 1. The molecule has 19 heavy (non-hydrogen) atoms. The van der Waals surface area contributed by atoms with E-state index in [-0.39, 0.29) is 0 Å². The van der Waals surface area contributed by atoms with Crippen LogP contribution in [0.1, 0.15) is 5.56 Å². The van der Waals surface area contributed by atoms with Crippen LogP contribution in [-0.2, 0) is 4.79 Å². The van der Waals surface area contributed by atoms with Gasteiger partial charge in [0.15, 0.2) is 0 Å². The van der Waals surface area contributed by atoms with Gasteiger partial charge in [-0.1, -0.05) is 54.6 Å². The number of hydrogen-bond donors (Lipinski definition) is 1. The SMILES string of the molecule is O=C(O)C(C=Cc1ccccc1)Oc1ccccc1. The fourth-order valence-corrected chi connectivity index (χ4v) is 1.58. The van der Waals surface area contributed by atoms with Crippen LogP contribution in [-0.4, -0.2) is 17.2 Å². The first kappa shape index (κ1) is 12.9. The summed E-state index contributed by atoms with van der Waals surface area (Å²) in [5, 5.41) is 9.14. The molecule has 0 aliphatic carbocycles. The van der Waals surface area contributed by atoms with Crippen molar-refractivity contribution < 1.29 is 14.6 Å². The monoisotopic (exact) mass is 254 g/mol. The van der Waals surface area contributed by atoms with Gasteiger partial charge in [-0.05, 0) is 23.8 Å². The smallest absolute Gasteiger partial charge is 0.349 e. The van der Waals surface area contributed by atoms with Crippen molar-refractivity contribution >= 4 is 12.0 Å². The third kappa shape index (κ3) is 4.00. The molecule has 0 bridgehead atoms. The normalized spacial score (nSPS) is 12.2. The summed E-state index contributed by atoms with van der Waals surface area (Å²) in [6, 6.07) is 18.4. The highest BCUT2D eigenvalue weighted by molar-refractivity contribution is 5.76. The van der Waals surface area contributed by atoms with E-state index >= 15 is 0 Å². The van der Waals surface area contributed by atoms with Crippen LogP contribution in [0.25, 0.3) is 6.08 Å². The average molecular weight is 254 g/mol. The predicted octanol–water partition coefficient (Wildman–Crippen LogP) is 3.23. The van der Waals surface area contributed by atoms with E-state index in [0.29, 0.717) is 5.75 Å². The van der Waals surface area contributed by atoms with Gasteiger partial charge in [-0.3, -0.25) is 0 Å². The van der Waals surface area contributed by atoms with Gasteiger partial charge in [0.1, 0.15) is 5.75 Å². The minimum atomic E-state index is -1.02. The maximum atomic E-state index is 11.1. The molecule has 1 N–H and O–H groups in total. The summed E-state index contributed by atoms with van der Waals surface area (Å²) >= 11 is 0. The molecule has 2 aromatic rings. The number of hydrogen-bond acceptors (Lipinski definition) is 2. The third-order valence-electron chi connectivity index (χ3n) is 2.51. The highest BCUT2D eigenvalue weighted by atomic mass is 16.5. The highest BCUT2D eigenvalue weighted by Gasteiger charge is 2.15. The molecule has 0 amide bonds. The van der Waals surface area contributed by atoms with Gasteiger partial charge in [-0.2, -0.15) is 0 Å². The molecule has 0 saturated heterocycles. The van der Waals surface area contributed by atoms with Gasteiger partial charge in [0.2, 0.25) is 6.10 Å². The zero-order valence-corrected chi connectivity index (χ0v) is 10.3. The summed E-state index contributed by atoms with van der Waals surface area (Å²) in [7, 11) is 0. The van der Waals surface area contributed by atoms with E-state index in [1.165, 1.54) is 6.08 Å². The lowest BCUT2D eigenvalue weighted by Gasteiger charge is -2.11. The Balaban J connectivity index is 2.09. The van der Waals surface area contributed by atoms with Crippen LogP contribution in [0.3, 0.4) is 0 Å². The molecule has 0 aromatic heterocycles. The third-order valence-corrected chi connectivity index (χ3v) is 2.51. The number of rotatable bonds is 5. The van der Waals surface area contributed by atoms with Crippen molar-refractivity contribution in [2.24, 2.45) is 0 Å². The summed E-state index contributed by atoms with van der Waals surface area (Å²) in [6.07, 6.45) is 2.27. The fourth-order valence-electron chi connectivity index (χ4n) is 1.58. The summed E-state index contributed by atoms with van der Waals surface area (Å²) in [6.45, 7) is 0. The van der Waals surface area contributed by atoms with Crippen LogP contribution in [0.4, 0.5) is 0 Å². The number of carbonyl (C=O) groups is 1. The summed E-state index contributed by atoms with van der Waals surface area (Å²) in [5.41, 5.74) is 0.936. The van der Waals surface area contributed by atoms with E-state index in [1.54, 1.807) is 30.3 Å². The molecule has 96 valence electrons. The van der Waals surface area contributed by atoms with Crippen molar-refractivity contribution in [2.45, 2.75) is 6.10 Å². The molecule has 2 aromatic carbocycles. The molecule has 0 radical (unpaired) electrons. The molecule has 0 aliphatic heterocycles. The maximum Gasteiger partial charge on any atom is 0.349 e. The van der Waals surface area contributed by atoms with Crippen molar-refractivity contribution in [2.75, 3.05) is 0 Å². The summed E-state index contributed by atoms with van der Waals surface area (Å²) in [5.74, 6) is -0.483. The molecule has 3 heteroatoms. The standard InChI is InChI=1S/C16H14O3/c17-16(18)15(19-14-9-5-2-6-10-14)12-11-13-7-3-1-4-8-13/h1-12,15H,(H,17,18). The lowest BCUT2D eigenvalue weighted by atomic mass is 10.2. The lowest BCUT2D eigenvalue weighted by molar-refractivity contribution is -0.142. The number of para-hydroxylation sites is 1. The molecule has 0 aliphatic rings. The fraction of sp³-hybridized carbons (Fsp3) is 0.0625. The molecular weight excluding hydrogens is 240 g/mol. The lowest BCUT2D eigenvalue weighted by Crippen LogP contribution is -2.24. The van der Waals surface area contributed by atoms with E-state index in [2.05, 4.69) is 0 Å². The molecule has 0 spiro atoms. The van der Waals surface area contributed by atoms with E-state index < -0.39 is 12.1 Å². The van der Waals surface area contributed by atoms with Gasteiger partial charge >= 0.3 is 5.97 Å². The van der Waals surface area contributed by atoms with Crippen molar-refractivity contribution in [3.8, 4) is 5.75 Å². The second kappa shape index (κ2) is 6.40. The molecule has 0 saturated carbocycles. The Morgan fingerprint density at radius 1 is 1.00 bits per heavy atom. The van der Waals surface area contributed by atoms with Crippen LogP contribution < -0.4 is 4.74 Å². The number of benzene rings is 2. The average Bonchev–Trinajstić information content (AvgIpc) is 2.45. The van der Waals surface area contributed by atoms with Gasteiger partial charge in [0, 0.05) is 0 Å². The molecule has 1 unspecified atom stereocenters. The maximum absolute atomic E-state index is 11.1. The van der Waals surface area contributed by atoms with Gasteiger partial charge in [-0.15, -0.1) is 0 Å². The Labute approximate surface area is 111 Å². The van der Waals surface area contributed by atoms with E-state index in [4.69, 9.17) is 9.84 Å². The molecule has 2 rings (SSSR count). The van der Waals surface area contributed by atoms with Crippen molar-refractivity contribution in [3.63, 3.8) is 0 Å². The minimum Gasteiger partial charge on any atom is -0.478 e. The van der Waals surface area contributed by atoms with Gasteiger partial charge < -0.3 is 9.84 Å². The molecule has 0 fully saturated rings. The Morgan fingerprint density at radius 2 is 1.58 bits per heavy atom. The minimum absolute atomic E-state index is 0.535. The van der Waals surface area contributed by atoms with E-state index in [0.717, 1.165) is 5.56 Å². The zero-order chi connectivity index (χ0) is 13.5. The summed E-state index contributed by atoms with van der Waals surface area (Å²) in [4.78, 5) is 11.1. The Morgan fingerprint density at radius 3 is 2.16 bits per heavy atom. The Bertz CT molecular complexity index is 547. The van der Waals surface area contributed by atoms with E-state index in [9.17, 15) is 4.79 Å². The van der Waals surface area contributed by atoms with Crippen molar-refractivity contribution in [1.82, 2.24) is 0 Å². The Hall–Kier alpha value is -2.55. The topological polar surface area (TPSA) is 46.5 Å². The van der Waals surface area contributed by atoms with Gasteiger partial charge in [-0.25, -0.2) is 4.79 Å². The first-order valence-corrected chi connectivity index (χ1v) is 5.93.